The van der Waals surface area contributed by atoms with Crippen LogP contribution in [0, 0.1) is 11.8 Å². The Morgan fingerprint density at radius 2 is 0.617 bits per heavy atom. The van der Waals surface area contributed by atoms with Gasteiger partial charge in [-0.1, -0.05) is 195 Å². The maximum absolute atomic E-state index is 9.72. The van der Waals surface area contributed by atoms with E-state index in [1.807, 2.05) is 0 Å². The van der Waals surface area contributed by atoms with Crippen molar-refractivity contribution in [3.8, 4) is 0 Å². The molecule has 0 aromatic heterocycles. The summed E-state index contributed by atoms with van der Waals surface area (Å²) in [6, 6.07) is 0. The minimum Gasteiger partial charge on any atom is -0.481 e. The molecule has 0 amide bonds. The Bertz CT molecular complexity index is 573. The lowest BCUT2D eigenvalue weighted by Crippen LogP contribution is -2.22. The number of aliphatic hydroxyl groups excluding tert-OH is 3. The highest BCUT2D eigenvalue weighted by Crippen LogP contribution is 2.15. The molecule has 0 rings (SSSR count). The van der Waals surface area contributed by atoms with E-state index in [-0.39, 0.29) is 0 Å². The third-order valence-corrected chi connectivity index (χ3v) is 8.53. The van der Waals surface area contributed by atoms with Gasteiger partial charge in [0.1, 0.15) is 0 Å². The van der Waals surface area contributed by atoms with Gasteiger partial charge in [-0.3, -0.25) is 4.79 Å². The van der Waals surface area contributed by atoms with Crippen LogP contribution < -0.4 is 0 Å². The van der Waals surface area contributed by atoms with Crippen LogP contribution in [0.15, 0.2) is 0 Å². The summed E-state index contributed by atoms with van der Waals surface area (Å²) in [6.07, 6.45) is 36.0. The zero-order valence-electron chi connectivity index (χ0n) is 31.7. The molecule has 7 heteroatoms. The fraction of sp³-hybridized carbons (Fsp3) is 0.950. The van der Waals surface area contributed by atoms with Crippen molar-refractivity contribution in [2.75, 3.05) is 13.2 Å². The van der Waals surface area contributed by atoms with E-state index in [2.05, 4.69) is 27.7 Å². The van der Waals surface area contributed by atoms with Crippen molar-refractivity contribution in [3.63, 3.8) is 0 Å². The smallest absolute Gasteiger partial charge is 0.333 e. The number of carboxylic acid groups (broad SMARTS) is 2. The largest absolute Gasteiger partial charge is 0.481 e. The zero-order valence-corrected chi connectivity index (χ0v) is 31.7. The Kier molecular flexibility index (Phi) is 45.8. The van der Waals surface area contributed by atoms with E-state index in [1.54, 1.807) is 0 Å². The second kappa shape index (κ2) is 42.8. The quantitative estimate of drug-likeness (QED) is 0.0437. The molecule has 284 valence electrons. The highest BCUT2D eigenvalue weighted by molar-refractivity contribution is 5.79. The predicted molar refractivity (Wildman–Crippen MR) is 199 cm³/mol. The zero-order chi connectivity index (χ0) is 35.8. The summed E-state index contributed by atoms with van der Waals surface area (Å²) in [5.41, 5.74) is 0. The van der Waals surface area contributed by atoms with Gasteiger partial charge in [0.25, 0.3) is 0 Å². The number of carbonyl (C=O) groups is 2. The van der Waals surface area contributed by atoms with E-state index < -0.39 is 24.5 Å². The average Bonchev–Trinajstić information content (AvgIpc) is 3.01. The van der Waals surface area contributed by atoms with Gasteiger partial charge in [-0.2, -0.15) is 0 Å². The molecule has 0 aliphatic carbocycles. The van der Waals surface area contributed by atoms with E-state index in [0.29, 0.717) is 13.2 Å². The van der Waals surface area contributed by atoms with Crippen LogP contribution in [0.2, 0.25) is 0 Å². The summed E-state index contributed by atoms with van der Waals surface area (Å²) in [7, 11) is 0. The summed E-state index contributed by atoms with van der Waals surface area (Å²) in [5.74, 6) is -1.07. The molecule has 0 saturated carbocycles. The standard InChI is InChI=1S/2C18H38O.C4H6O5/c2*1-18(2)16-14-12-10-8-6-4-3-5-7-9-11-13-15-17-19;5-2(4(8)9)1-3(6)7/h2*18-19H,3-17H2,1-2H3;2,5H,1H2,(H,6,7)(H,8,9). The van der Waals surface area contributed by atoms with Crippen molar-refractivity contribution in [3.05, 3.63) is 0 Å². The van der Waals surface area contributed by atoms with Crippen LogP contribution in [0.1, 0.15) is 214 Å². The monoisotopic (exact) mass is 675 g/mol. The molecule has 0 aliphatic rings. The van der Waals surface area contributed by atoms with Gasteiger partial charge in [0.05, 0.1) is 6.42 Å². The van der Waals surface area contributed by atoms with E-state index in [9.17, 15) is 9.59 Å². The molecule has 0 aromatic carbocycles. The molecule has 5 N–H and O–H groups in total. The van der Waals surface area contributed by atoms with Crippen LogP contribution in [-0.2, 0) is 9.59 Å². The van der Waals surface area contributed by atoms with E-state index in [4.69, 9.17) is 25.5 Å². The molecule has 0 heterocycles. The first-order chi connectivity index (χ1) is 22.6. The number of rotatable bonds is 33. The molecular formula is C40H82O7. The molecule has 0 radical (unpaired) electrons. The van der Waals surface area contributed by atoms with Gasteiger partial charge in [0, 0.05) is 13.2 Å². The van der Waals surface area contributed by atoms with Gasteiger partial charge >= 0.3 is 11.9 Å². The Balaban J connectivity index is -0.000000658. The third kappa shape index (κ3) is 54.5. The van der Waals surface area contributed by atoms with Crippen molar-refractivity contribution in [2.24, 2.45) is 11.8 Å². The van der Waals surface area contributed by atoms with Crippen molar-refractivity contribution < 1.29 is 35.1 Å². The summed E-state index contributed by atoms with van der Waals surface area (Å²) in [4.78, 5) is 19.4. The van der Waals surface area contributed by atoms with Crippen molar-refractivity contribution in [1.29, 1.82) is 0 Å². The van der Waals surface area contributed by atoms with Crippen molar-refractivity contribution >= 4 is 11.9 Å². The minimum absolute atomic E-state index is 0.372. The van der Waals surface area contributed by atoms with Gasteiger partial charge in [0.15, 0.2) is 6.10 Å². The fourth-order valence-electron chi connectivity index (χ4n) is 5.47. The average molecular weight is 675 g/mol. The number of hydrogen-bond donors (Lipinski definition) is 5. The lowest BCUT2D eigenvalue weighted by atomic mass is 10.0. The first-order valence-electron chi connectivity index (χ1n) is 19.9. The Labute approximate surface area is 291 Å². The third-order valence-electron chi connectivity index (χ3n) is 8.53. The molecule has 1 atom stereocenters. The summed E-state index contributed by atoms with van der Waals surface area (Å²) < 4.78 is 0. The number of carboxylic acids is 2. The van der Waals surface area contributed by atoms with Crippen molar-refractivity contribution in [1.82, 2.24) is 0 Å². The molecule has 0 fully saturated rings. The maximum atomic E-state index is 9.72. The summed E-state index contributed by atoms with van der Waals surface area (Å²) in [5, 5.41) is 41.5. The molecular weight excluding hydrogens is 592 g/mol. The van der Waals surface area contributed by atoms with Gasteiger partial charge in [0.2, 0.25) is 0 Å². The van der Waals surface area contributed by atoms with E-state index >= 15 is 0 Å². The van der Waals surface area contributed by atoms with Gasteiger partial charge in [-0.15, -0.1) is 0 Å². The summed E-state index contributed by atoms with van der Waals surface area (Å²) in [6.45, 7) is 10.0. The second-order valence-electron chi connectivity index (χ2n) is 14.5. The second-order valence-corrected chi connectivity index (χ2v) is 14.5. The number of unbranched alkanes of at least 4 members (excludes halogenated alkanes) is 24. The minimum atomic E-state index is -1.79. The molecule has 7 nitrogen and oxygen atoms in total. The number of aliphatic hydroxyl groups is 3. The Morgan fingerprint density at radius 3 is 0.766 bits per heavy atom. The molecule has 0 spiro atoms. The highest BCUT2D eigenvalue weighted by Gasteiger charge is 2.16. The van der Waals surface area contributed by atoms with Crippen LogP contribution in [0.5, 0.6) is 0 Å². The lowest BCUT2D eigenvalue weighted by Gasteiger charge is -2.04. The van der Waals surface area contributed by atoms with E-state index in [1.165, 1.54) is 167 Å². The van der Waals surface area contributed by atoms with E-state index in [0.717, 1.165) is 24.7 Å². The maximum Gasteiger partial charge on any atom is 0.333 e. The molecule has 0 aliphatic heterocycles. The molecule has 0 aromatic rings. The van der Waals surface area contributed by atoms with Gasteiger partial charge < -0.3 is 25.5 Å². The Morgan fingerprint density at radius 1 is 0.404 bits per heavy atom. The molecule has 47 heavy (non-hydrogen) atoms. The highest BCUT2D eigenvalue weighted by atomic mass is 16.4. The summed E-state index contributed by atoms with van der Waals surface area (Å²) >= 11 is 0. The predicted octanol–water partition coefficient (Wildman–Crippen LogP) is 11.1. The van der Waals surface area contributed by atoms with Crippen LogP contribution >= 0.6 is 0 Å². The van der Waals surface area contributed by atoms with Crippen LogP contribution in [0.4, 0.5) is 0 Å². The van der Waals surface area contributed by atoms with Crippen LogP contribution in [0.3, 0.4) is 0 Å². The first-order valence-corrected chi connectivity index (χ1v) is 19.9. The van der Waals surface area contributed by atoms with Gasteiger partial charge in [-0.05, 0) is 24.7 Å². The first kappa shape index (κ1) is 50.2. The Hall–Kier alpha value is -1.18. The van der Waals surface area contributed by atoms with Gasteiger partial charge in [-0.25, -0.2) is 4.79 Å². The molecule has 1 unspecified atom stereocenters. The molecule has 0 saturated heterocycles. The normalized spacial score (nSPS) is 11.6. The topological polar surface area (TPSA) is 135 Å². The lowest BCUT2D eigenvalue weighted by molar-refractivity contribution is -0.152. The van der Waals surface area contributed by atoms with Crippen LogP contribution in [0.25, 0.3) is 0 Å². The SMILES string of the molecule is CC(C)CCCCCCCCCCCCCCCO.CC(C)CCCCCCCCCCCCCCCO.O=C(O)CC(O)C(=O)O. The fourth-order valence-corrected chi connectivity index (χ4v) is 5.47. The molecule has 0 bridgehead atoms. The number of aliphatic carboxylic acids is 2. The van der Waals surface area contributed by atoms with Crippen LogP contribution in [-0.4, -0.2) is 56.8 Å². The van der Waals surface area contributed by atoms with Crippen molar-refractivity contribution in [2.45, 2.75) is 220 Å². The number of hydrogen-bond acceptors (Lipinski definition) is 5.